The minimum atomic E-state index is 0.288. The molecular formula is C18H14ClN6O+. The Morgan fingerprint density at radius 2 is 2.19 bits per heavy atom. The van der Waals surface area contributed by atoms with Gasteiger partial charge in [0.15, 0.2) is 0 Å². The molecule has 6 rings (SSSR count). The number of fused-ring (bicyclic) bond motifs is 5. The molecule has 3 aliphatic rings. The standard InChI is InChI=1S/C18H14ClN6O/c19-12-3-4-14-15(7-12)24-10-20-8-13(24)9-25(6-5-21-16(14)25)18-22-17(26-23-18)11-1-2-11/h3-8,10-11H,1-2,9H2/q+1. The van der Waals surface area contributed by atoms with E-state index in [2.05, 4.69) is 19.7 Å². The van der Waals surface area contributed by atoms with Gasteiger partial charge in [-0.2, -0.15) is 9.48 Å². The molecule has 1 aromatic carbocycles. The quantitative estimate of drug-likeness (QED) is 0.651. The third-order valence-electron chi connectivity index (χ3n) is 5.20. The van der Waals surface area contributed by atoms with E-state index in [0.717, 1.165) is 41.5 Å². The van der Waals surface area contributed by atoms with Gasteiger partial charge in [0.1, 0.15) is 12.7 Å². The number of aromatic nitrogens is 4. The lowest BCUT2D eigenvalue weighted by Gasteiger charge is -2.25. The van der Waals surface area contributed by atoms with Gasteiger partial charge in [-0.05, 0) is 31.0 Å². The zero-order chi connectivity index (χ0) is 17.3. The summed E-state index contributed by atoms with van der Waals surface area (Å²) in [5, 5.41) is 4.99. The number of benzene rings is 1. The maximum Gasteiger partial charge on any atom is 0.377 e. The van der Waals surface area contributed by atoms with Crippen molar-refractivity contribution in [1.82, 2.24) is 24.2 Å². The second kappa shape index (κ2) is 4.90. The van der Waals surface area contributed by atoms with E-state index in [1.165, 1.54) is 0 Å². The molecule has 4 heterocycles. The minimum Gasteiger partial charge on any atom is -0.334 e. The summed E-state index contributed by atoms with van der Waals surface area (Å²) >= 11 is 6.27. The predicted molar refractivity (Wildman–Crippen MR) is 96.0 cm³/mol. The van der Waals surface area contributed by atoms with Gasteiger partial charge in [0.2, 0.25) is 11.7 Å². The molecule has 26 heavy (non-hydrogen) atoms. The van der Waals surface area contributed by atoms with E-state index < -0.39 is 0 Å². The molecule has 7 nitrogen and oxygen atoms in total. The summed E-state index contributed by atoms with van der Waals surface area (Å²) < 4.78 is 7.89. The normalized spacial score (nSPS) is 23.2. The van der Waals surface area contributed by atoms with Crippen LogP contribution in [0.2, 0.25) is 5.02 Å². The van der Waals surface area contributed by atoms with Crippen LogP contribution in [0.25, 0.3) is 5.69 Å². The number of imidazole rings is 1. The lowest BCUT2D eigenvalue weighted by molar-refractivity contribution is 0.367. The van der Waals surface area contributed by atoms with Crippen LogP contribution in [-0.2, 0) is 6.54 Å². The first-order chi connectivity index (χ1) is 12.7. The molecule has 1 unspecified atom stereocenters. The first kappa shape index (κ1) is 14.4. The van der Waals surface area contributed by atoms with Crippen LogP contribution in [0.3, 0.4) is 0 Å². The van der Waals surface area contributed by atoms with E-state index >= 15 is 0 Å². The van der Waals surface area contributed by atoms with Crippen LogP contribution in [0.4, 0.5) is 5.95 Å². The molecule has 128 valence electrons. The largest absolute Gasteiger partial charge is 0.377 e. The molecule has 2 aromatic heterocycles. The molecule has 2 aliphatic heterocycles. The van der Waals surface area contributed by atoms with Crippen molar-refractivity contribution < 1.29 is 4.52 Å². The van der Waals surface area contributed by atoms with Gasteiger partial charge in [-0.1, -0.05) is 11.6 Å². The van der Waals surface area contributed by atoms with Crippen molar-refractivity contribution in [2.24, 2.45) is 4.99 Å². The number of quaternary nitrogens is 1. The van der Waals surface area contributed by atoms with E-state index in [1.54, 1.807) is 6.33 Å². The van der Waals surface area contributed by atoms with E-state index in [-0.39, 0.29) is 4.48 Å². The number of aliphatic imine (C=N–C) groups is 1. The van der Waals surface area contributed by atoms with Crippen molar-refractivity contribution >= 4 is 23.4 Å². The van der Waals surface area contributed by atoms with Gasteiger partial charge in [0.25, 0.3) is 0 Å². The van der Waals surface area contributed by atoms with E-state index in [4.69, 9.17) is 21.1 Å². The van der Waals surface area contributed by atoms with Crippen LogP contribution in [0.15, 0.2) is 52.6 Å². The molecule has 0 amide bonds. The highest BCUT2D eigenvalue weighted by Gasteiger charge is 2.48. The Morgan fingerprint density at radius 3 is 3.08 bits per heavy atom. The van der Waals surface area contributed by atoms with Crippen LogP contribution in [-0.4, -0.2) is 25.5 Å². The molecule has 0 radical (unpaired) electrons. The molecule has 0 saturated heterocycles. The zero-order valence-corrected chi connectivity index (χ0v) is 14.5. The average molecular weight is 366 g/mol. The van der Waals surface area contributed by atoms with Gasteiger partial charge < -0.3 is 4.52 Å². The fourth-order valence-corrected chi connectivity index (χ4v) is 3.89. The van der Waals surface area contributed by atoms with Crippen molar-refractivity contribution in [2.45, 2.75) is 25.3 Å². The van der Waals surface area contributed by atoms with Gasteiger partial charge in [-0.15, -0.1) is 4.98 Å². The molecule has 0 bridgehead atoms. The predicted octanol–water partition coefficient (Wildman–Crippen LogP) is 3.54. The summed E-state index contributed by atoms with van der Waals surface area (Å²) in [6, 6.07) is 5.81. The second-order valence-electron chi connectivity index (χ2n) is 6.90. The Labute approximate surface area is 153 Å². The second-order valence-corrected chi connectivity index (χ2v) is 7.34. The Balaban J connectivity index is 1.61. The van der Waals surface area contributed by atoms with E-state index in [1.807, 2.05) is 36.8 Å². The minimum absolute atomic E-state index is 0.288. The van der Waals surface area contributed by atoms with Gasteiger partial charge >= 0.3 is 5.95 Å². The first-order valence-corrected chi connectivity index (χ1v) is 8.92. The zero-order valence-electron chi connectivity index (χ0n) is 13.7. The fourth-order valence-electron chi connectivity index (χ4n) is 3.73. The third-order valence-corrected chi connectivity index (χ3v) is 5.43. The number of hydrogen-bond acceptors (Lipinski definition) is 5. The Hall–Kier alpha value is -2.77. The number of halogens is 1. The van der Waals surface area contributed by atoms with Gasteiger partial charge in [0.05, 0.1) is 35.7 Å². The van der Waals surface area contributed by atoms with Gasteiger partial charge in [-0.25, -0.2) is 4.98 Å². The molecule has 8 heteroatoms. The average Bonchev–Trinajstić information content (AvgIpc) is 3.07. The number of hydrogen-bond donors (Lipinski definition) is 0. The molecule has 1 aliphatic carbocycles. The summed E-state index contributed by atoms with van der Waals surface area (Å²) in [6.45, 7) is 0.602. The van der Waals surface area contributed by atoms with Gasteiger partial charge in [0, 0.05) is 16.1 Å². The summed E-state index contributed by atoms with van der Waals surface area (Å²) in [7, 11) is 0. The monoisotopic (exact) mass is 365 g/mol. The Morgan fingerprint density at radius 1 is 1.27 bits per heavy atom. The number of rotatable bonds is 2. The molecule has 1 fully saturated rings. The summed E-state index contributed by atoms with van der Waals surface area (Å²) in [6.07, 6.45) is 9.73. The summed E-state index contributed by atoms with van der Waals surface area (Å²) in [5.41, 5.74) is 2.97. The van der Waals surface area contributed by atoms with E-state index in [9.17, 15) is 0 Å². The Kier molecular flexibility index (Phi) is 2.71. The summed E-state index contributed by atoms with van der Waals surface area (Å²) in [5.74, 6) is 2.60. The molecule has 3 aromatic rings. The third kappa shape index (κ3) is 1.87. The van der Waals surface area contributed by atoms with Gasteiger partial charge in [-0.3, -0.25) is 4.57 Å². The highest BCUT2D eigenvalue weighted by molar-refractivity contribution is 6.31. The fraction of sp³-hybridized carbons (Fsp3) is 0.222. The van der Waals surface area contributed by atoms with Crippen LogP contribution in [0, 0.1) is 0 Å². The van der Waals surface area contributed by atoms with Crippen molar-refractivity contribution in [1.29, 1.82) is 0 Å². The molecular weight excluding hydrogens is 352 g/mol. The SMILES string of the molecule is Clc1ccc2c(c1)-n1cncc1C[N+]1(c3noc(C4CC4)n3)C=CN=C21. The first-order valence-electron chi connectivity index (χ1n) is 8.54. The van der Waals surface area contributed by atoms with Crippen molar-refractivity contribution in [3.8, 4) is 5.69 Å². The highest BCUT2D eigenvalue weighted by Crippen LogP contribution is 2.42. The van der Waals surface area contributed by atoms with Crippen LogP contribution in [0.1, 0.15) is 35.9 Å². The molecule has 0 N–H and O–H groups in total. The lowest BCUT2D eigenvalue weighted by atomic mass is 10.1. The van der Waals surface area contributed by atoms with Crippen LogP contribution >= 0.6 is 11.6 Å². The maximum absolute atomic E-state index is 6.27. The van der Waals surface area contributed by atoms with Crippen LogP contribution in [0.5, 0.6) is 0 Å². The maximum atomic E-state index is 6.27. The highest BCUT2D eigenvalue weighted by atomic mass is 35.5. The molecule has 1 saturated carbocycles. The van der Waals surface area contributed by atoms with Crippen molar-refractivity contribution in [3.05, 3.63) is 65.3 Å². The van der Waals surface area contributed by atoms with Crippen molar-refractivity contribution in [3.63, 3.8) is 0 Å². The number of nitrogens with zero attached hydrogens (tertiary/aromatic N) is 6. The van der Waals surface area contributed by atoms with E-state index in [0.29, 0.717) is 23.4 Å². The number of amidine groups is 1. The van der Waals surface area contributed by atoms with Crippen LogP contribution < -0.4 is 4.48 Å². The van der Waals surface area contributed by atoms with Crippen molar-refractivity contribution in [2.75, 3.05) is 0 Å². The molecule has 0 spiro atoms. The summed E-state index contributed by atoms with van der Waals surface area (Å²) in [4.78, 5) is 13.7. The molecule has 1 atom stereocenters. The topological polar surface area (TPSA) is 69.1 Å². The lowest BCUT2D eigenvalue weighted by Crippen LogP contribution is -2.47. The smallest absolute Gasteiger partial charge is 0.334 e. The Bertz CT molecular complexity index is 1110.